The summed E-state index contributed by atoms with van der Waals surface area (Å²) in [5, 5.41) is 14.8. The Kier molecular flexibility index (Phi) is 9.42. The second-order valence-electron chi connectivity index (χ2n) is 5.07. The second kappa shape index (κ2) is 11.0. The summed E-state index contributed by atoms with van der Waals surface area (Å²) in [4.78, 5) is 39.3. The summed E-state index contributed by atoms with van der Waals surface area (Å²) in [6, 6.07) is 14.3. The zero-order valence-electron chi connectivity index (χ0n) is 14.3. The van der Waals surface area contributed by atoms with Crippen molar-refractivity contribution in [2.75, 3.05) is 0 Å². The monoisotopic (exact) mass is 360 g/mol. The Hall–Kier alpha value is -3.68. The molecule has 2 aromatic carbocycles. The Bertz CT molecular complexity index is 700. The van der Waals surface area contributed by atoms with Crippen LogP contribution >= 0.6 is 0 Å². The lowest BCUT2D eigenvalue weighted by Gasteiger charge is -1.93. The molecular formula is C18H20N2O6. The highest BCUT2D eigenvalue weighted by Crippen LogP contribution is 2.01. The first-order valence-electron chi connectivity index (χ1n) is 7.23. The van der Waals surface area contributed by atoms with E-state index in [9.17, 15) is 9.59 Å². The smallest absolute Gasteiger partial charge is 0.414 e. The number of rotatable bonds is 2. The quantitative estimate of drug-likeness (QED) is 0.591. The molecule has 0 fully saturated rings. The summed E-state index contributed by atoms with van der Waals surface area (Å²) in [6.45, 7) is 3.93. The Balaban J connectivity index is 0.000000375. The van der Waals surface area contributed by atoms with Crippen LogP contribution in [-0.2, 0) is 9.59 Å². The largest absolute Gasteiger partial charge is 0.473 e. The number of carboxylic acid groups (broad SMARTS) is 2. The zero-order valence-corrected chi connectivity index (χ0v) is 14.3. The normalized spacial score (nSPS) is 8.85. The molecule has 6 N–H and O–H groups in total. The van der Waals surface area contributed by atoms with Gasteiger partial charge in [0.2, 0.25) is 11.8 Å². The number of carboxylic acids is 2. The van der Waals surface area contributed by atoms with Crippen molar-refractivity contribution in [1.29, 1.82) is 0 Å². The van der Waals surface area contributed by atoms with Crippen molar-refractivity contribution >= 4 is 23.8 Å². The molecule has 0 saturated carbocycles. The van der Waals surface area contributed by atoms with E-state index in [-0.39, 0.29) is 11.8 Å². The number of carbonyl (C=O) groups is 4. The van der Waals surface area contributed by atoms with Crippen LogP contribution in [-0.4, -0.2) is 34.0 Å². The van der Waals surface area contributed by atoms with Gasteiger partial charge in [0.15, 0.2) is 0 Å². The van der Waals surface area contributed by atoms with Gasteiger partial charge >= 0.3 is 11.9 Å². The SMILES string of the molecule is Cc1ccc(C(N)=O)cc1.Cc1ccc(C(N)=O)cc1.O=C(O)C(=O)O. The molecule has 0 saturated heterocycles. The average molecular weight is 360 g/mol. The molecule has 2 amide bonds. The Morgan fingerprint density at radius 2 is 0.846 bits per heavy atom. The maximum absolute atomic E-state index is 10.5. The maximum Gasteiger partial charge on any atom is 0.414 e. The van der Waals surface area contributed by atoms with E-state index in [1.165, 1.54) is 0 Å². The van der Waals surface area contributed by atoms with Gasteiger partial charge in [-0.25, -0.2) is 9.59 Å². The number of aliphatic carboxylic acids is 2. The molecule has 0 atom stereocenters. The van der Waals surface area contributed by atoms with Gasteiger partial charge in [-0.05, 0) is 38.1 Å². The number of carbonyl (C=O) groups excluding carboxylic acids is 2. The van der Waals surface area contributed by atoms with Crippen molar-refractivity contribution in [2.24, 2.45) is 11.5 Å². The Morgan fingerprint density at radius 1 is 0.615 bits per heavy atom. The van der Waals surface area contributed by atoms with Crippen LogP contribution in [0.5, 0.6) is 0 Å². The van der Waals surface area contributed by atoms with Gasteiger partial charge in [-0.3, -0.25) is 9.59 Å². The molecule has 2 rings (SSSR count). The average Bonchev–Trinajstić information content (AvgIpc) is 2.56. The van der Waals surface area contributed by atoms with Crippen LogP contribution in [0.15, 0.2) is 48.5 Å². The van der Waals surface area contributed by atoms with Crippen molar-refractivity contribution in [1.82, 2.24) is 0 Å². The van der Waals surface area contributed by atoms with E-state index < -0.39 is 11.9 Å². The van der Waals surface area contributed by atoms with Crippen molar-refractivity contribution in [2.45, 2.75) is 13.8 Å². The van der Waals surface area contributed by atoms with E-state index in [0.29, 0.717) is 11.1 Å². The maximum atomic E-state index is 10.5. The molecule has 0 radical (unpaired) electrons. The fraction of sp³-hybridized carbons (Fsp3) is 0.111. The topological polar surface area (TPSA) is 161 Å². The predicted octanol–water partition coefficient (Wildman–Crippen LogP) is 1.34. The predicted molar refractivity (Wildman–Crippen MR) is 94.7 cm³/mol. The molecule has 0 heterocycles. The molecule has 0 bridgehead atoms. The fourth-order valence-corrected chi connectivity index (χ4v) is 1.44. The molecule has 8 nitrogen and oxygen atoms in total. The third-order valence-corrected chi connectivity index (χ3v) is 2.86. The summed E-state index contributed by atoms with van der Waals surface area (Å²) in [5.41, 5.74) is 13.4. The minimum absolute atomic E-state index is 0.375. The summed E-state index contributed by atoms with van der Waals surface area (Å²) >= 11 is 0. The molecular weight excluding hydrogens is 340 g/mol. The lowest BCUT2D eigenvalue weighted by molar-refractivity contribution is -0.159. The lowest BCUT2D eigenvalue weighted by Crippen LogP contribution is -2.10. The highest BCUT2D eigenvalue weighted by molar-refractivity contribution is 6.27. The van der Waals surface area contributed by atoms with Crippen molar-refractivity contribution in [3.8, 4) is 0 Å². The standard InChI is InChI=1S/2C8H9NO.C2H2O4/c2*1-6-2-4-7(5-3-6)8(9)10;3-1(4)2(5)6/h2*2-5H,1H3,(H2,9,10);(H,3,4)(H,5,6). The third kappa shape index (κ3) is 9.46. The first-order chi connectivity index (χ1) is 12.0. The van der Waals surface area contributed by atoms with Crippen LogP contribution in [0.3, 0.4) is 0 Å². The highest BCUT2D eigenvalue weighted by atomic mass is 16.4. The van der Waals surface area contributed by atoms with Crippen LogP contribution in [0.25, 0.3) is 0 Å². The van der Waals surface area contributed by atoms with E-state index in [4.69, 9.17) is 31.3 Å². The summed E-state index contributed by atoms with van der Waals surface area (Å²) in [6.07, 6.45) is 0. The molecule has 0 unspecified atom stereocenters. The number of aryl methyl sites for hydroxylation is 2. The van der Waals surface area contributed by atoms with Gasteiger partial charge in [-0.15, -0.1) is 0 Å². The minimum atomic E-state index is -1.82. The van der Waals surface area contributed by atoms with E-state index in [0.717, 1.165) is 11.1 Å². The van der Waals surface area contributed by atoms with Crippen LogP contribution in [0.4, 0.5) is 0 Å². The number of hydrogen-bond donors (Lipinski definition) is 4. The van der Waals surface area contributed by atoms with Crippen molar-refractivity contribution in [3.63, 3.8) is 0 Å². The molecule has 0 aliphatic carbocycles. The molecule has 2 aromatic rings. The van der Waals surface area contributed by atoms with Crippen LogP contribution in [0.1, 0.15) is 31.8 Å². The van der Waals surface area contributed by atoms with Gasteiger partial charge in [0.05, 0.1) is 0 Å². The lowest BCUT2D eigenvalue weighted by atomic mass is 10.1. The number of nitrogens with two attached hydrogens (primary N) is 2. The number of amides is 2. The molecule has 0 spiro atoms. The van der Waals surface area contributed by atoms with E-state index >= 15 is 0 Å². The van der Waals surface area contributed by atoms with Crippen LogP contribution in [0.2, 0.25) is 0 Å². The second-order valence-corrected chi connectivity index (χ2v) is 5.07. The number of hydrogen-bond acceptors (Lipinski definition) is 4. The first-order valence-corrected chi connectivity index (χ1v) is 7.23. The Labute approximate surface area is 150 Å². The first kappa shape index (κ1) is 22.3. The number of benzene rings is 2. The highest BCUT2D eigenvalue weighted by Gasteiger charge is 2.04. The van der Waals surface area contributed by atoms with Gasteiger partial charge in [-0.1, -0.05) is 35.4 Å². The van der Waals surface area contributed by atoms with E-state index in [1.807, 2.05) is 38.1 Å². The molecule has 0 aromatic heterocycles. The van der Waals surface area contributed by atoms with E-state index in [2.05, 4.69) is 0 Å². The number of primary amides is 2. The zero-order chi connectivity index (χ0) is 20.3. The van der Waals surface area contributed by atoms with Gasteiger partial charge in [-0.2, -0.15) is 0 Å². The molecule has 0 aliphatic heterocycles. The molecule has 26 heavy (non-hydrogen) atoms. The van der Waals surface area contributed by atoms with Crippen LogP contribution in [0, 0.1) is 13.8 Å². The van der Waals surface area contributed by atoms with Crippen molar-refractivity contribution in [3.05, 3.63) is 70.8 Å². The third-order valence-electron chi connectivity index (χ3n) is 2.86. The minimum Gasteiger partial charge on any atom is -0.473 e. The fourth-order valence-electron chi connectivity index (χ4n) is 1.44. The van der Waals surface area contributed by atoms with Crippen LogP contribution < -0.4 is 11.5 Å². The summed E-state index contributed by atoms with van der Waals surface area (Å²) < 4.78 is 0. The van der Waals surface area contributed by atoms with Gasteiger partial charge < -0.3 is 21.7 Å². The van der Waals surface area contributed by atoms with Crippen molar-refractivity contribution < 1.29 is 29.4 Å². The molecule has 0 aliphatic rings. The summed E-state index contributed by atoms with van der Waals surface area (Å²) in [7, 11) is 0. The van der Waals surface area contributed by atoms with E-state index in [1.54, 1.807) is 24.3 Å². The van der Waals surface area contributed by atoms with Gasteiger partial charge in [0.1, 0.15) is 0 Å². The van der Waals surface area contributed by atoms with Gasteiger partial charge in [0, 0.05) is 11.1 Å². The molecule has 8 heteroatoms. The summed E-state index contributed by atoms with van der Waals surface area (Å²) in [5.74, 6) is -4.40. The van der Waals surface area contributed by atoms with Gasteiger partial charge in [0.25, 0.3) is 0 Å². The molecule has 138 valence electrons. The Morgan fingerprint density at radius 3 is 1.00 bits per heavy atom.